The number of rotatable bonds is 5. The summed E-state index contributed by atoms with van der Waals surface area (Å²) in [6, 6.07) is 20.2. The number of halogens is 1. The van der Waals surface area contributed by atoms with Crippen LogP contribution >= 0.6 is 28.1 Å². The Hall–Kier alpha value is -3.23. The van der Waals surface area contributed by atoms with Crippen LogP contribution in [0, 0.1) is 0 Å². The van der Waals surface area contributed by atoms with Crippen molar-refractivity contribution < 1.29 is 13.9 Å². The minimum Gasteiger partial charge on any atom is -0.493 e. The molecule has 8 heteroatoms. The van der Waals surface area contributed by atoms with Gasteiger partial charge < -0.3 is 14.5 Å². The Morgan fingerprint density at radius 3 is 2.68 bits per heavy atom. The van der Waals surface area contributed by atoms with E-state index in [9.17, 15) is 4.79 Å². The van der Waals surface area contributed by atoms with E-state index < -0.39 is 0 Å². The molecule has 1 amide bonds. The molecule has 2 N–H and O–H groups in total. The quantitative estimate of drug-likeness (QED) is 0.341. The average molecular weight is 496 g/mol. The molecule has 1 aromatic heterocycles. The summed E-state index contributed by atoms with van der Waals surface area (Å²) in [5.41, 5.74) is 3.40. The largest absolute Gasteiger partial charge is 0.493 e. The van der Waals surface area contributed by atoms with Gasteiger partial charge in [0.25, 0.3) is 5.91 Å². The van der Waals surface area contributed by atoms with E-state index >= 15 is 0 Å². The minimum absolute atomic E-state index is 0.182. The van der Waals surface area contributed by atoms with Gasteiger partial charge in [-0.3, -0.25) is 10.1 Å². The molecule has 0 aliphatic carbocycles. The molecule has 4 rings (SSSR count). The molecule has 6 nitrogen and oxygen atoms in total. The van der Waals surface area contributed by atoms with E-state index in [0.717, 1.165) is 5.56 Å². The van der Waals surface area contributed by atoms with Crippen molar-refractivity contribution in [1.82, 2.24) is 10.3 Å². The molecule has 0 fully saturated rings. The average Bonchev–Trinajstić information content (AvgIpc) is 3.19. The first kappa shape index (κ1) is 21.0. The second-order valence-corrected chi connectivity index (χ2v) is 7.82. The molecule has 0 aliphatic heterocycles. The summed E-state index contributed by atoms with van der Waals surface area (Å²) in [6.07, 6.45) is 0. The predicted octanol–water partition coefficient (Wildman–Crippen LogP) is 5.78. The molecule has 0 spiro atoms. The van der Waals surface area contributed by atoms with Crippen LogP contribution in [0.3, 0.4) is 0 Å². The summed E-state index contributed by atoms with van der Waals surface area (Å²) in [7, 11) is 0. The third-order valence-electron chi connectivity index (χ3n) is 4.39. The molecule has 0 atom stereocenters. The van der Waals surface area contributed by atoms with Gasteiger partial charge in [0.1, 0.15) is 11.3 Å². The lowest BCUT2D eigenvalue weighted by molar-refractivity contribution is 0.0977. The summed E-state index contributed by atoms with van der Waals surface area (Å²) in [5, 5.41) is 5.87. The molecule has 3 aromatic carbocycles. The van der Waals surface area contributed by atoms with Crippen LogP contribution in [0.1, 0.15) is 17.3 Å². The van der Waals surface area contributed by atoms with Crippen LogP contribution in [0.15, 0.2) is 75.6 Å². The number of anilines is 1. The van der Waals surface area contributed by atoms with E-state index in [-0.39, 0.29) is 11.0 Å². The number of nitrogens with one attached hydrogen (secondary N) is 2. The molecule has 4 aromatic rings. The van der Waals surface area contributed by atoms with Crippen LogP contribution in [-0.2, 0) is 0 Å². The van der Waals surface area contributed by atoms with Crippen molar-refractivity contribution in [2.24, 2.45) is 0 Å². The highest BCUT2D eigenvalue weighted by atomic mass is 79.9. The third kappa shape index (κ3) is 4.92. The van der Waals surface area contributed by atoms with Crippen molar-refractivity contribution in [2.75, 3.05) is 11.9 Å². The van der Waals surface area contributed by atoms with Gasteiger partial charge in [0.05, 0.1) is 11.1 Å². The van der Waals surface area contributed by atoms with Gasteiger partial charge >= 0.3 is 0 Å². The topological polar surface area (TPSA) is 76.4 Å². The molecule has 1 heterocycles. The zero-order chi connectivity index (χ0) is 21.8. The number of amides is 1. The first-order chi connectivity index (χ1) is 15.0. The molecule has 0 aliphatic rings. The Morgan fingerprint density at radius 2 is 1.94 bits per heavy atom. The summed E-state index contributed by atoms with van der Waals surface area (Å²) in [6.45, 7) is 2.44. The highest BCUT2D eigenvalue weighted by Crippen LogP contribution is 2.27. The molecular formula is C23H18BrN3O3S. The van der Waals surface area contributed by atoms with E-state index in [0.29, 0.717) is 45.1 Å². The lowest BCUT2D eigenvalue weighted by atomic mass is 10.2. The highest BCUT2D eigenvalue weighted by Gasteiger charge is 2.12. The predicted molar refractivity (Wildman–Crippen MR) is 128 cm³/mol. The summed E-state index contributed by atoms with van der Waals surface area (Å²) in [4.78, 5) is 17.0. The molecule has 0 bridgehead atoms. The van der Waals surface area contributed by atoms with Gasteiger partial charge in [0.15, 0.2) is 10.7 Å². The molecule has 0 saturated carbocycles. The van der Waals surface area contributed by atoms with Crippen molar-refractivity contribution in [3.8, 4) is 17.2 Å². The van der Waals surface area contributed by atoms with Crippen molar-refractivity contribution in [3.05, 3.63) is 76.8 Å². The van der Waals surface area contributed by atoms with Gasteiger partial charge in [-0.25, -0.2) is 4.98 Å². The number of carbonyl (C=O) groups is 1. The number of fused-ring (bicyclic) bond motifs is 1. The lowest BCUT2D eigenvalue weighted by Crippen LogP contribution is -2.34. The second-order valence-electron chi connectivity index (χ2n) is 6.55. The van der Waals surface area contributed by atoms with Crippen LogP contribution in [0.4, 0.5) is 5.69 Å². The van der Waals surface area contributed by atoms with Gasteiger partial charge in [-0.15, -0.1) is 0 Å². The lowest BCUT2D eigenvalue weighted by Gasteiger charge is -2.11. The minimum atomic E-state index is -0.324. The fourth-order valence-corrected chi connectivity index (χ4v) is 3.67. The van der Waals surface area contributed by atoms with Crippen molar-refractivity contribution in [1.29, 1.82) is 0 Å². The number of oxazole rings is 1. The Morgan fingerprint density at radius 1 is 1.13 bits per heavy atom. The zero-order valence-electron chi connectivity index (χ0n) is 16.5. The van der Waals surface area contributed by atoms with Gasteiger partial charge in [-0.2, -0.15) is 0 Å². The number of hydrogen-bond acceptors (Lipinski definition) is 5. The Labute approximate surface area is 192 Å². The Balaban J connectivity index is 1.44. The molecular weight excluding hydrogens is 478 g/mol. The van der Waals surface area contributed by atoms with Crippen molar-refractivity contribution in [2.45, 2.75) is 6.92 Å². The Bertz CT molecular complexity index is 1260. The van der Waals surface area contributed by atoms with Crippen LogP contribution in [-0.4, -0.2) is 22.6 Å². The highest BCUT2D eigenvalue weighted by molar-refractivity contribution is 9.10. The van der Waals surface area contributed by atoms with E-state index in [1.54, 1.807) is 18.2 Å². The standard InChI is InChI=1S/C23H18BrN3O3S/c1-2-29-19-10-8-15(12-17(19)24)21(28)27-23(31)25-16-9-11-20-18(13-16)26-22(30-20)14-6-4-3-5-7-14/h3-13H,2H2,1H3,(H2,25,27,28,31). The summed E-state index contributed by atoms with van der Waals surface area (Å²) < 4.78 is 12.0. The van der Waals surface area contributed by atoms with E-state index in [4.69, 9.17) is 21.4 Å². The molecule has 0 radical (unpaired) electrons. The monoisotopic (exact) mass is 495 g/mol. The zero-order valence-corrected chi connectivity index (χ0v) is 18.9. The SMILES string of the molecule is CCOc1ccc(C(=O)NC(=S)Nc2ccc3oc(-c4ccccc4)nc3c2)cc1Br. The third-order valence-corrected chi connectivity index (χ3v) is 5.21. The van der Waals surface area contributed by atoms with Crippen molar-refractivity contribution >= 4 is 56.0 Å². The number of carbonyl (C=O) groups excluding carboxylic acids is 1. The van der Waals surface area contributed by atoms with Crippen LogP contribution in [0.5, 0.6) is 5.75 Å². The first-order valence-electron chi connectivity index (χ1n) is 9.54. The fraction of sp³-hybridized carbons (Fsp3) is 0.0870. The maximum atomic E-state index is 12.5. The second kappa shape index (κ2) is 9.28. The number of nitrogens with zero attached hydrogens (tertiary/aromatic N) is 1. The molecule has 0 saturated heterocycles. The number of hydrogen-bond donors (Lipinski definition) is 2. The van der Waals surface area contributed by atoms with Crippen LogP contribution in [0.2, 0.25) is 0 Å². The van der Waals surface area contributed by atoms with E-state index in [1.165, 1.54) is 0 Å². The normalized spacial score (nSPS) is 10.6. The van der Waals surface area contributed by atoms with E-state index in [2.05, 4.69) is 31.5 Å². The van der Waals surface area contributed by atoms with Gasteiger partial charge in [0, 0.05) is 16.8 Å². The fourth-order valence-electron chi connectivity index (χ4n) is 2.96. The summed E-state index contributed by atoms with van der Waals surface area (Å²) >= 11 is 8.70. The van der Waals surface area contributed by atoms with Gasteiger partial charge in [-0.1, -0.05) is 18.2 Å². The molecule has 156 valence electrons. The van der Waals surface area contributed by atoms with E-state index in [1.807, 2.05) is 55.5 Å². The number of aromatic nitrogens is 1. The van der Waals surface area contributed by atoms with Gasteiger partial charge in [-0.05, 0) is 83.6 Å². The Kier molecular flexibility index (Phi) is 6.29. The number of thiocarbonyl (C=S) groups is 1. The van der Waals surface area contributed by atoms with Crippen molar-refractivity contribution in [3.63, 3.8) is 0 Å². The van der Waals surface area contributed by atoms with Gasteiger partial charge in [0.2, 0.25) is 5.89 Å². The number of benzene rings is 3. The van der Waals surface area contributed by atoms with Crippen LogP contribution < -0.4 is 15.4 Å². The maximum absolute atomic E-state index is 12.5. The number of ether oxygens (including phenoxy) is 1. The maximum Gasteiger partial charge on any atom is 0.257 e. The smallest absolute Gasteiger partial charge is 0.257 e. The van der Waals surface area contributed by atoms with Crippen LogP contribution in [0.25, 0.3) is 22.6 Å². The first-order valence-corrected chi connectivity index (χ1v) is 10.7. The molecule has 31 heavy (non-hydrogen) atoms. The molecule has 0 unspecified atom stereocenters. The summed E-state index contributed by atoms with van der Waals surface area (Å²) in [5.74, 6) is 0.898.